The van der Waals surface area contributed by atoms with Crippen LogP contribution in [0.15, 0.2) is 0 Å². The van der Waals surface area contributed by atoms with Crippen LogP contribution >= 0.6 is 0 Å². The SMILES string of the molecule is COCCCN(C)C(=O)CCNC(C)(C)C. The van der Waals surface area contributed by atoms with E-state index in [2.05, 4.69) is 26.1 Å². The van der Waals surface area contributed by atoms with Crippen LogP contribution in [0.3, 0.4) is 0 Å². The molecule has 0 aromatic carbocycles. The molecule has 0 bridgehead atoms. The molecular weight excluding hydrogens is 204 g/mol. The van der Waals surface area contributed by atoms with Crippen molar-refractivity contribution in [1.82, 2.24) is 10.2 Å². The number of carbonyl (C=O) groups is 1. The van der Waals surface area contributed by atoms with Gasteiger partial charge in [0.15, 0.2) is 0 Å². The number of hydrogen-bond donors (Lipinski definition) is 1. The zero-order chi connectivity index (χ0) is 12.6. The summed E-state index contributed by atoms with van der Waals surface area (Å²) in [5.41, 5.74) is 0.0783. The Balaban J connectivity index is 3.63. The molecule has 0 aliphatic heterocycles. The normalized spacial score (nSPS) is 11.6. The first kappa shape index (κ1) is 15.4. The second-order valence-electron chi connectivity index (χ2n) is 5.09. The van der Waals surface area contributed by atoms with Crippen LogP contribution in [0.1, 0.15) is 33.6 Å². The molecule has 0 aromatic heterocycles. The van der Waals surface area contributed by atoms with Crippen molar-refractivity contribution in [1.29, 1.82) is 0 Å². The third-order valence-electron chi connectivity index (χ3n) is 2.26. The van der Waals surface area contributed by atoms with Crippen LogP contribution in [0.4, 0.5) is 0 Å². The molecule has 0 saturated heterocycles. The highest BCUT2D eigenvalue weighted by Crippen LogP contribution is 1.99. The van der Waals surface area contributed by atoms with Gasteiger partial charge in [0.05, 0.1) is 0 Å². The van der Waals surface area contributed by atoms with E-state index < -0.39 is 0 Å². The maximum Gasteiger partial charge on any atom is 0.223 e. The van der Waals surface area contributed by atoms with Gasteiger partial charge in [0, 0.05) is 45.8 Å². The summed E-state index contributed by atoms with van der Waals surface area (Å²) in [4.78, 5) is 13.4. The van der Waals surface area contributed by atoms with Crippen molar-refractivity contribution >= 4 is 5.91 Å². The van der Waals surface area contributed by atoms with Crippen LogP contribution in [-0.4, -0.2) is 50.2 Å². The number of carbonyl (C=O) groups excluding carboxylic acids is 1. The van der Waals surface area contributed by atoms with Crippen LogP contribution < -0.4 is 5.32 Å². The Bertz CT molecular complexity index is 200. The number of ether oxygens (including phenoxy) is 1. The van der Waals surface area contributed by atoms with Gasteiger partial charge in [0.25, 0.3) is 0 Å². The summed E-state index contributed by atoms with van der Waals surface area (Å²) >= 11 is 0. The third-order valence-corrected chi connectivity index (χ3v) is 2.26. The zero-order valence-corrected chi connectivity index (χ0v) is 11.3. The highest BCUT2D eigenvalue weighted by molar-refractivity contribution is 5.76. The summed E-state index contributed by atoms with van der Waals surface area (Å²) < 4.78 is 4.95. The summed E-state index contributed by atoms with van der Waals surface area (Å²) in [5, 5.41) is 3.30. The number of methoxy groups -OCH3 is 1. The van der Waals surface area contributed by atoms with Crippen molar-refractivity contribution in [2.24, 2.45) is 0 Å². The van der Waals surface area contributed by atoms with Gasteiger partial charge < -0.3 is 15.0 Å². The van der Waals surface area contributed by atoms with Crippen molar-refractivity contribution in [2.45, 2.75) is 39.2 Å². The first-order chi connectivity index (χ1) is 7.37. The van der Waals surface area contributed by atoms with E-state index in [1.165, 1.54) is 0 Å². The van der Waals surface area contributed by atoms with E-state index >= 15 is 0 Å². The molecule has 0 saturated carbocycles. The maximum absolute atomic E-state index is 11.7. The van der Waals surface area contributed by atoms with E-state index in [0.717, 1.165) is 19.5 Å². The van der Waals surface area contributed by atoms with E-state index in [-0.39, 0.29) is 11.4 Å². The molecule has 0 spiro atoms. The van der Waals surface area contributed by atoms with Crippen molar-refractivity contribution in [3.05, 3.63) is 0 Å². The molecule has 16 heavy (non-hydrogen) atoms. The molecule has 0 heterocycles. The average Bonchev–Trinajstić information content (AvgIpc) is 2.15. The standard InChI is InChI=1S/C12H26N2O2/c1-12(2,3)13-8-7-11(15)14(4)9-6-10-16-5/h13H,6-10H2,1-5H3. The summed E-state index contributed by atoms with van der Waals surface area (Å²) in [7, 11) is 3.52. The highest BCUT2D eigenvalue weighted by Gasteiger charge is 2.11. The lowest BCUT2D eigenvalue weighted by molar-refractivity contribution is -0.130. The summed E-state index contributed by atoms with van der Waals surface area (Å²) in [6, 6.07) is 0. The predicted molar refractivity (Wildman–Crippen MR) is 66.5 cm³/mol. The van der Waals surface area contributed by atoms with Crippen molar-refractivity contribution in [2.75, 3.05) is 33.9 Å². The molecule has 4 nitrogen and oxygen atoms in total. The monoisotopic (exact) mass is 230 g/mol. The van der Waals surface area contributed by atoms with E-state index in [9.17, 15) is 4.79 Å². The molecule has 0 rings (SSSR count). The molecule has 0 aromatic rings. The van der Waals surface area contributed by atoms with Gasteiger partial charge in [-0.25, -0.2) is 0 Å². The smallest absolute Gasteiger partial charge is 0.223 e. The molecule has 96 valence electrons. The fourth-order valence-electron chi connectivity index (χ4n) is 1.31. The summed E-state index contributed by atoms with van der Waals surface area (Å²) in [6.45, 7) is 8.50. The quantitative estimate of drug-likeness (QED) is 0.669. The fraction of sp³-hybridized carbons (Fsp3) is 0.917. The molecule has 0 radical (unpaired) electrons. The van der Waals surface area contributed by atoms with E-state index in [0.29, 0.717) is 13.0 Å². The first-order valence-corrected chi connectivity index (χ1v) is 5.85. The highest BCUT2D eigenvalue weighted by atomic mass is 16.5. The number of rotatable bonds is 7. The van der Waals surface area contributed by atoms with Crippen LogP contribution in [0.5, 0.6) is 0 Å². The van der Waals surface area contributed by atoms with Crippen LogP contribution in [0.25, 0.3) is 0 Å². The average molecular weight is 230 g/mol. The molecule has 4 heteroatoms. The lowest BCUT2D eigenvalue weighted by Gasteiger charge is -2.22. The Morgan fingerprint density at radius 3 is 2.50 bits per heavy atom. The molecule has 1 amide bonds. The van der Waals surface area contributed by atoms with Gasteiger partial charge in [-0.1, -0.05) is 0 Å². The Morgan fingerprint density at radius 1 is 1.38 bits per heavy atom. The summed E-state index contributed by atoms with van der Waals surface area (Å²) in [6.07, 6.45) is 1.45. The first-order valence-electron chi connectivity index (χ1n) is 5.85. The van der Waals surface area contributed by atoms with Gasteiger partial charge in [-0.2, -0.15) is 0 Å². The molecule has 0 fully saturated rings. The van der Waals surface area contributed by atoms with Gasteiger partial charge >= 0.3 is 0 Å². The van der Waals surface area contributed by atoms with E-state index in [1.807, 2.05) is 7.05 Å². The minimum Gasteiger partial charge on any atom is -0.385 e. The molecule has 1 N–H and O–H groups in total. The lowest BCUT2D eigenvalue weighted by atomic mass is 10.1. The van der Waals surface area contributed by atoms with Crippen LogP contribution in [0.2, 0.25) is 0 Å². The Kier molecular flexibility index (Phi) is 7.34. The molecule has 0 unspecified atom stereocenters. The largest absolute Gasteiger partial charge is 0.385 e. The van der Waals surface area contributed by atoms with Gasteiger partial charge in [0.2, 0.25) is 5.91 Å². The van der Waals surface area contributed by atoms with Gasteiger partial charge in [-0.3, -0.25) is 4.79 Å². The van der Waals surface area contributed by atoms with Crippen LogP contribution in [0, 0.1) is 0 Å². The minimum absolute atomic E-state index is 0.0783. The van der Waals surface area contributed by atoms with E-state index in [4.69, 9.17) is 4.74 Å². The number of nitrogens with zero attached hydrogens (tertiary/aromatic N) is 1. The number of hydrogen-bond acceptors (Lipinski definition) is 3. The Hall–Kier alpha value is -0.610. The van der Waals surface area contributed by atoms with Crippen molar-refractivity contribution < 1.29 is 9.53 Å². The number of nitrogens with one attached hydrogen (secondary N) is 1. The van der Waals surface area contributed by atoms with Crippen molar-refractivity contribution in [3.63, 3.8) is 0 Å². The van der Waals surface area contributed by atoms with Gasteiger partial charge in [0.1, 0.15) is 0 Å². The summed E-state index contributed by atoms with van der Waals surface area (Å²) in [5.74, 6) is 0.188. The second kappa shape index (κ2) is 7.63. The van der Waals surface area contributed by atoms with Crippen LogP contribution in [-0.2, 0) is 9.53 Å². The zero-order valence-electron chi connectivity index (χ0n) is 11.3. The second-order valence-corrected chi connectivity index (χ2v) is 5.09. The topological polar surface area (TPSA) is 41.6 Å². The Labute approximate surface area is 99.3 Å². The van der Waals surface area contributed by atoms with Crippen molar-refractivity contribution in [3.8, 4) is 0 Å². The Morgan fingerprint density at radius 2 is 2.00 bits per heavy atom. The predicted octanol–water partition coefficient (Wildman–Crippen LogP) is 1.26. The molecule has 0 aliphatic carbocycles. The molecular formula is C12H26N2O2. The van der Waals surface area contributed by atoms with E-state index in [1.54, 1.807) is 12.0 Å². The fourth-order valence-corrected chi connectivity index (χ4v) is 1.31. The minimum atomic E-state index is 0.0783. The lowest BCUT2D eigenvalue weighted by Crippen LogP contribution is -2.39. The molecule has 0 aliphatic rings. The van der Waals surface area contributed by atoms with Gasteiger partial charge in [-0.05, 0) is 27.2 Å². The maximum atomic E-state index is 11.7. The third kappa shape index (κ3) is 8.68. The molecule has 0 atom stereocenters. The van der Waals surface area contributed by atoms with Gasteiger partial charge in [-0.15, -0.1) is 0 Å². The number of amides is 1.